The van der Waals surface area contributed by atoms with Crippen molar-refractivity contribution in [2.24, 2.45) is 5.92 Å². The third kappa shape index (κ3) is 2.23. The van der Waals surface area contributed by atoms with Gasteiger partial charge in [0.05, 0.1) is 6.04 Å². The van der Waals surface area contributed by atoms with Crippen LogP contribution in [0.4, 0.5) is 0 Å². The second-order valence-electron chi connectivity index (χ2n) is 3.86. The number of hydrogen-bond acceptors (Lipinski definition) is 2. The van der Waals surface area contributed by atoms with Crippen molar-refractivity contribution in [3.05, 3.63) is 12.3 Å². The maximum absolute atomic E-state index is 11.2. The monoisotopic (exact) mass is 183 g/mol. The molecule has 0 aromatic carbocycles. The second-order valence-corrected chi connectivity index (χ2v) is 3.86. The van der Waals surface area contributed by atoms with E-state index in [2.05, 4.69) is 13.5 Å². The smallest absolute Gasteiger partial charge is 0.220 e. The number of aliphatic hydroxyl groups excluding tert-OH is 1. The number of hydrogen-bond donors (Lipinski definition) is 1. The molecule has 1 rings (SSSR count). The third-order valence-corrected chi connectivity index (χ3v) is 2.61. The van der Waals surface area contributed by atoms with Gasteiger partial charge in [0, 0.05) is 13.5 Å². The molecule has 0 aromatic rings. The molecule has 13 heavy (non-hydrogen) atoms. The lowest BCUT2D eigenvalue weighted by molar-refractivity contribution is -0.133. The molecule has 0 aromatic heterocycles. The first-order valence-corrected chi connectivity index (χ1v) is 4.67. The number of rotatable bonds is 1. The lowest BCUT2D eigenvalue weighted by atomic mass is 9.93. The van der Waals surface area contributed by atoms with E-state index in [9.17, 15) is 9.90 Å². The predicted octanol–water partition coefficient (Wildman–Crippen LogP) is 1.71. The zero-order valence-corrected chi connectivity index (χ0v) is 8.29. The Balaban J connectivity index is 2.72. The fourth-order valence-corrected chi connectivity index (χ4v) is 1.85. The molecule has 1 heterocycles. The Bertz CT molecular complexity index is 225. The Morgan fingerprint density at radius 1 is 1.54 bits per heavy atom. The van der Waals surface area contributed by atoms with Gasteiger partial charge in [-0.2, -0.15) is 0 Å². The van der Waals surface area contributed by atoms with Crippen molar-refractivity contribution >= 4 is 5.91 Å². The molecular weight excluding hydrogens is 166 g/mol. The van der Waals surface area contributed by atoms with E-state index >= 15 is 0 Å². The maximum atomic E-state index is 11.2. The minimum absolute atomic E-state index is 0.0201. The van der Waals surface area contributed by atoms with Crippen LogP contribution in [0.5, 0.6) is 0 Å². The largest absolute Gasteiger partial charge is 0.511 e. The average Bonchev–Trinajstić information content (AvgIpc) is 2.03. The van der Waals surface area contributed by atoms with E-state index in [1.807, 2.05) is 0 Å². The SMILES string of the molecule is C=C(O)C1CCC(C)CN1C(C)=O. The number of carbonyl (C=O) groups is 1. The highest BCUT2D eigenvalue weighted by Gasteiger charge is 2.29. The highest BCUT2D eigenvalue weighted by atomic mass is 16.3. The molecule has 1 amide bonds. The zero-order valence-electron chi connectivity index (χ0n) is 8.29. The fourth-order valence-electron chi connectivity index (χ4n) is 1.85. The van der Waals surface area contributed by atoms with Crippen LogP contribution >= 0.6 is 0 Å². The van der Waals surface area contributed by atoms with Crippen LogP contribution in [-0.2, 0) is 4.79 Å². The molecule has 1 aliphatic heterocycles. The molecule has 1 fully saturated rings. The van der Waals surface area contributed by atoms with E-state index in [-0.39, 0.29) is 17.7 Å². The van der Waals surface area contributed by atoms with Crippen LogP contribution < -0.4 is 0 Å². The van der Waals surface area contributed by atoms with Gasteiger partial charge in [-0.05, 0) is 18.8 Å². The Morgan fingerprint density at radius 2 is 2.15 bits per heavy atom. The van der Waals surface area contributed by atoms with Gasteiger partial charge in [-0.15, -0.1) is 0 Å². The van der Waals surface area contributed by atoms with Crippen molar-refractivity contribution < 1.29 is 9.90 Å². The summed E-state index contributed by atoms with van der Waals surface area (Å²) in [4.78, 5) is 12.9. The Labute approximate surface area is 79.0 Å². The summed E-state index contributed by atoms with van der Waals surface area (Å²) in [7, 11) is 0. The normalized spacial score (nSPS) is 28.6. The van der Waals surface area contributed by atoms with Gasteiger partial charge in [0.15, 0.2) is 0 Å². The van der Waals surface area contributed by atoms with Crippen molar-refractivity contribution in [1.82, 2.24) is 4.90 Å². The van der Waals surface area contributed by atoms with E-state index in [0.29, 0.717) is 5.92 Å². The van der Waals surface area contributed by atoms with Gasteiger partial charge >= 0.3 is 0 Å². The standard InChI is InChI=1S/C10H17NO2/c1-7-4-5-10(8(2)12)11(6-7)9(3)13/h7,10,12H,2,4-6H2,1,3H3. The molecule has 1 aliphatic rings. The molecule has 74 valence electrons. The van der Waals surface area contributed by atoms with E-state index in [0.717, 1.165) is 19.4 Å². The van der Waals surface area contributed by atoms with Crippen LogP contribution in [0.15, 0.2) is 12.3 Å². The lowest BCUT2D eigenvalue weighted by Gasteiger charge is -2.37. The number of carbonyl (C=O) groups excluding carboxylic acids is 1. The quantitative estimate of drug-likeness (QED) is 0.629. The number of amides is 1. The van der Waals surface area contributed by atoms with Gasteiger partial charge in [-0.25, -0.2) is 0 Å². The van der Waals surface area contributed by atoms with Crippen molar-refractivity contribution in [3.8, 4) is 0 Å². The minimum atomic E-state index is -0.159. The summed E-state index contributed by atoms with van der Waals surface area (Å²) in [5.74, 6) is 0.661. The van der Waals surface area contributed by atoms with Crippen LogP contribution in [0.1, 0.15) is 26.7 Å². The summed E-state index contributed by atoms with van der Waals surface area (Å²) in [6.07, 6.45) is 1.88. The molecule has 2 atom stereocenters. The number of nitrogens with zero attached hydrogens (tertiary/aromatic N) is 1. The van der Waals surface area contributed by atoms with E-state index in [1.54, 1.807) is 4.90 Å². The molecule has 0 bridgehead atoms. The summed E-state index contributed by atoms with van der Waals surface area (Å²) in [6.45, 7) is 7.89. The molecule has 1 N–H and O–H groups in total. The first-order chi connectivity index (χ1) is 6.02. The summed E-state index contributed by atoms with van der Waals surface area (Å²) in [6, 6.07) is -0.159. The van der Waals surface area contributed by atoms with Crippen LogP contribution in [0.25, 0.3) is 0 Å². The van der Waals surface area contributed by atoms with E-state index in [4.69, 9.17) is 0 Å². The first kappa shape index (κ1) is 10.1. The van der Waals surface area contributed by atoms with Gasteiger partial charge in [0.2, 0.25) is 5.91 Å². The van der Waals surface area contributed by atoms with Crippen molar-refractivity contribution in [1.29, 1.82) is 0 Å². The highest BCUT2D eigenvalue weighted by Crippen LogP contribution is 2.24. The van der Waals surface area contributed by atoms with Crippen molar-refractivity contribution in [3.63, 3.8) is 0 Å². The summed E-state index contributed by atoms with van der Waals surface area (Å²) >= 11 is 0. The molecule has 3 heteroatoms. The minimum Gasteiger partial charge on any atom is -0.511 e. The number of aliphatic hydroxyl groups is 1. The van der Waals surface area contributed by atoms with Crippen molar-refractivity contribution in [2.45, 2.75) is 32.7 Å². The molecule has 3 nitrogen and oxygen atoms in total. The predicted molar refractivity (Wildman–Crippen MR) is 51.3 cm³/mol. The average molecular weight is 183 g/mol. The van der Waals surface area contributed by atoms with Gasteiger partial charge in [-0.1, -0.05) is 13.5 Å². The summed E-state index contributed by atoms with van der Waals surface area (Å²) in [5.41, 5.74) is 0. The molecule has 0 aliphatic carbocycles. The Kier molecular flexibility index (Phi) is 2.96. The molecule has 2 unspecified atom stereocenters. The van der Waals surface area contributed by atoms with Crippen LogP contribution in [-0.4, -0.2) is 28.5 Å². The lowest BCUT2D eigenvalue weighted by Crippen LogP contribution is -2.46. The maximum Gasteiger partial charge on any atom is 0.220 e. The molecule has 0 saturated carbocycles. The van der Waals surface area contributed by atoms with E-state index in [1.165, 1.54) is 6.92 Å². The fraction of sp³-hybridized carbons (Fsp3) is 0.700. The van der Waals surface area contributed by atoms with Gasteiger partial charge in [-0.3, -0.25) is 4.79 Å². The summed E-state index contributed by atoms with van der Waals surface area (Å²) in [5, 5.41) is 9.29. The first-order valence-electron chi connectivity index (χ1n) is 4.67. The zero-order chi connectivity index (χ0) is 10.0. The highest BCUT2D eigenvalue weighted by molar-refractivity contribution is 5.74. The van der Waals surface area contributed by atoms with Gasteiger partial charge in [0.25, 0.3) is 0 Å². The molecule has 1 saturated heterocycles. The Hall–Kier alpha value is -0.990. The third-order valence-electron chi connectivity index (χ3n) is 2.61. The number of piperidine rings is 1. The molecular formula is C10H17NO2. The van der Waals surface area contributed by atoms with Crippen molar-refractivity contribution in [2.75, 3.05) is 6.54 Å². The topological polar surface area (TPSA) is 40.5 Å². The Morgan fingerprint density at radius 3 is 2.62 bits per heavy atom. The van der Waals surface area contributed by atoms with Crippen LogP contribution in [0, 0.1) is 5.92 Å². The van der Waals surface area contributed by atoms with E-state index < -0.39 is 0 Å². The van der Waals surface area contributed by atoms with Crippen LogP contribution in [0.3, 0.4) is 0 Å². The van der Waals surface area contributed by atoms with Crippen LogP contribution in [0.2, 0.25) is 0 Å². The molecule has 0 spiro atoms. The molecule has 0 radical (unpaired) electrons. The summed E-state index contributed by atoms with van der Waals surface area (Å²) < 4.78 is 0. The van der Waals surface area contributed by atoms with Gasteiger partial charge < -0.3 is 10.0 Å². The second kappa shape index (κ2) is 3.81. The van der Waals surface area contributed by atoms with Gasteiger partial charge in [0.1, 0.15) is 5.76 Å². The number of likely N-dealkylation sites (tertiary alicyclic amines) is 1.